The van der Waals surface area contributed by atoms with Crippen LogP contribution in [-0.4, -0.2) is 12.6 Å². The topological polar surface area (TPSA) is 26.3 Å². The first kappa shape index (κ1) is 11.2. The maximum atomic E-state index is 11.0. The zero-order chi connectivity index (χ0) is 9.78. The Morgan fingerprint density at radius 3 is 2.17 bits per heavy atom. The fraction of sp³-hybridized carbons (Fsp3) is 0.700. The number of allylic oxidation sites excluding steroid dienone is 1. The number of hydrogen-bond acceptors (Lipinski definition) is 2. The molecule has 70 valence electrons. The smallest absolute Gasteiger partial charge is 0.330 e. The van der Waals surface area contributed by atoms with E-state index in [-0.39, 0.29) is 11.4 Å². The van der Waals surface area contributed by atoms with E-state index in [1.807, 2.05) is 34.6 Å². The molecule has 0 radical (unpaired) electrons. The van der Waals surface area contributed by atoms with E-state index in [2.05, 4.69) is 0 Å². The van der Waals surface area contributed by atoms with Crippen LogP contribution in [0.3, 0.4) is 0 Å². The molecule has 0 amide bonds. The Hall–Kier alpha value is -0.790. The molecule has 12 heavy (non-hydrogen) atoms. The lowest BCUT2D eigenvalue weighted by molar-refractivity contribution is -0.140. The number of carbonyl (C=O) groups excluding carboxylic acids is 1. The van der Waals surface area contributed by atoms with Crippen molar-refractivity contribution >= 4 is 5.97 Å². The van der Waals surface area contributed by atoms with Crippen molar-refractivity contribution in [2.45, 2.75) is 34.6 Å². The second-order valence-corrected chi connectivity index (χ2v) is 4.39. The summed E-state index contributed by atoms with van der Waals surface area (Å²) in [5, 5.41) is 0. The quantitative estimate of drug-likeness (QED) is 0.470. The normalized spacial score (nSPS) is 10.8. The molecule has 0 atom stereocenters. The number of hydrogen-bond donors (Lipinski definition) is 0. The van der Waals surface area contributed by atoms with Crippen molar-refractivity contribution in [3.8, 4) is 0 Å². The molecule has 0 rings (SSSR count). The Balaban J connectivity index is 3.81. The third kappa shape index (κ3) is 7.32. The van der Waals surface area contributed by atoms with Gasteiger partial charge in [0.2, 0.25) is 0 Å². The van der Waals surface area contributed by atoms with Crippen molar-refractivity contribution in [1.29, 1.82) is 0 Å². The Morgan fingerprint density at radius 1 is 1.33 bits per heavy atom. The molecule has 0 heterocycles. The fourth-order valence-electron chi connectivity index (χ4n) is 0.565. The fourth-order valence-corrected chi connectivity index (χ4v) is 0.565. The Labute approximate surface area is 74.6 Å². The molecular formula is C10H18O2. The summed E-state index contributed by atoms with van der Waals surface area (Å²) < 4.78 is 5.00. The van der Waals surface area contributed by atoms with E-state index >= 15 is 0 Å². The van der Waals surface area contributed by atoms with Crippen molar-refractivity contribution in [3.63, 3.8) is 0 Å². The summed E-state index contributed by atoms with van der Waals surface area (Å²) in [4.78, 5) is 11.0. The zero-order valence-electron chi connectivity index (χ0n) is 8.60. The van der Waals surface area contributed by atoms with E-state index in [9.17, 15) is 4.79 Å². The van der Waals surface area contributed by atoms with Gasteiger partial charge in [-0.15, -0.1) is 0 Å². The predicted molar refractivity (Wildman–Crippen MR) is 49.8 cm³/mol. The molecular weight excluding hydrogens is 152 g/mol. The maximum absolute atomic E-state index is 11.0. The molecule has 0 aliphatic carbocycles. The summed E-state index contributed by atoms with van der Waals surface area (Å²) in [6.07, 6.45) is 1.51. The van der Waals surface area contributed by atoms with Crippen molar-refractivity contribution < 1.29 is 9.53 Å². The number of rotatable bonds is 2. The highest BCUT2D eigenvalue weighted by Gasteiger charge is 2.12. The van der Waals surface area contributed by atoms with E-state index in [0.29, 0.717) is 6.61 Å². The van der Waals surface area contributed by atoms with Gasteiger partial charge in [0, 0.05) is 6.08 Å². The summed E-state index contributed by atoms with van der Waals surface area (Å²) in [7, 11) is 0. The van der Waals surface area contributed by atoms with Crippen LogP contribution in [0.25, 0.3) is 0 Å². The maximum Gasteiger partial charge on any atom is 0.330 e. The molecule has 0 aromatic heterocycles. The largest absolute Gasteiger partial charge is 0.462 e. The second-order valence-electron chi connectivity index (χ2n) is 4.39. The van der Waals surface area contributed by atoms with E-state index < -0.39 is 0 Å². The molecule has 0 bridgehead atoms. The van der Waals surface area contributed by atoms with Crippen LogP contribution >= 0.6 is 0 Å². The van der Waals surface area contributed by atoms with Crippen LogP contribution in [0.2, 0.25) is 0 Å². The number of carbonyl (C=O) groups is 1. The molecule has 0 N–H and O–H groups in total. The molecule has 2 nitrogen and oxygen atoms in total. The zero-order valence-corrected chi connectivity index (χ0v) is 8.60. The summed E-state index contributed by atoms with van der Waals surface area (Å²) in [6.45, 7) is 10.3. The summed E-state index contributed by atoms with van der Waals surface area (Å²) in [6, 6.07) is 0. The molecule has 0 aromatic rings. The SMILES string of the molecule is CC(C)=CC(=O)OCC(C)(C)C. The highest BCUT2D eigenvalue weighted by Crippen LogP contribution is 2.12. The third-order valence-electron chi connectivity index (χ3n) is 1.05. The Bertz CT molecular complexity index is 181. The minimum atomic E-state index is -0.245. The molecule has 0 fully saturated rings. The summed E-state index contributed by atoms with van der Waals surface area (Å²) in [5.41, 5.74) is 1.01. The van der Waals surface area contributed by atoms with Gasteiger partial charge in [0.05, 0.1) is 6.61 Å². The van der Waals surface area contributed by atoms with Crippen LogP contribution in [0, 0.1) is 5.41 Å². The molecule has 0 aliphatic rings. The van der Waals surface area contributed by atoms with Crippen molar-refractivity contribution in [2.75, 3.05) is 6.61 Å². The highest BCUT2D eigenvalue weighted by molar-refractivity contribution is 5.82. The van der Waals surface area contributed by atoms with Gasteiger partial charge in [-0.05, 0) is 19.3 Å². The van der Waals surface area contributed by atoms with Crippen LogP contribution in [0.15, 0.2) is 11.6 Å². The minimum absolute atomic E-state index is 0.0468. The average Bonchev–Trinajstić information content (AvgIpc) is 1.80. The molecule has 0 saturated carbocycles. The van der Waals surface area contributed by atoms with E-state index in [0.717, 1.165) is 5.57 Å². The summed E-state index contributed by atoms with van der Waals surface area (Å²) in [5.74, 6) is -0.245. The summed E-state index contributed by atoms with van der Waals surface area (Å²) >= 11 is 0. The van der Waals surface area contributed by atoms with Crippen molar-refractivity contribution in [2.24, 2.45) is 5.41 Å². The lowest BCUT2D eigenvalue weighted by atomic mass is 9.99. The van der Waals surface area contributed by atoms with Gasteiger partial charge in [-0.3, -0.25) is 0 Å². The first-order valence-corrected chi connectivity index (χ1v) is 4.13. The van der Waals surface area contributed by atoms with Gasteiger partial charge in [-0.2, -0.15) is 0 Å². The van der Waals surface area contributed by atoms with Crippen molar-refractivity contribution in [1.82, 2.24) is 0 Å². The van der Waals surface area contributed by atoms with Gasteiger partial charge < -0.3 is 4.74 Å². The molecule has 0 aromatic carbocycles. The molecule has 0 aliphatic heterocycles. The van der Waals surface area contributed by atoms with Gasteiger partial charge in [0.15, 0.2) is 0 Å². The van der Waals surface area contributed by atoms with Crippen LogP contribution < -0.4 is 0 Å². The van der Waals surface area contributed by atoms with Crippen LogP contribution in [0.4, 0.5) is 0 Å². The highest BCUT2D eigenvalue weighted by atomic mass is 16.5. The van der Waals surface area contributed by atoms with E-state index in [1.165, 1.54) is 6.08 Å². The van der Waals surface area contributed by atoms with Gasteiger partial charge in [0.25, 0.3) is 0 Å². The van der Waals surface area contributed by atoms with Gasteiger partial charge in [-0.1, -0.05) is 26.3 Å². The van der Waals surface area contributed by atoms with E-state index in [1.54, 1.807) is 0 Å². The van der Waals surface area contributed by atoms with Crippen LogP contribution in [0.5, 0.6) is 0 Å². The van der Waals surface area contributed by atoms with Crippen LogP contribution in [0.1, 0.15) is 34.6 Å². The third-order valence-corrected chi connectivity index (χ3v) is 1.05. The van der Waals surface area contributed by atoms with Crippen molar-refractivity contribution in [3.05, 3.63) is 11.6 Å². The molecule has 0 saturated heterocycles. The minimum Gasteiger partial charge on any atom is -0.462 e. The first-order valence-electron chi connectivity index (χ1n) is 4.13. The standard InChI is InChI=1S/C10H18O2/c1-8(2)6-9(11)12-7-10(3,4)5/h6H,7H2,1-5H3. The predicted octanol–water partition coefficient (Wildman–Crippen LogP) is 2.54. The Morgan fingerprint density at radius 2 is 1.83 bits per heavy atom. The average molecular weight is 170 g/mol. The first-order chi connectivity index (χ1) is 5.31. The van der Waals surface area contributed by atoms with Crippen LogP contribution in [-0.2, 0) is 9.53 Å². The molecule has 2 heteroatoms. The number of ether oxygens (including phenoxy) is 1. The number of esters is 1. The lowest BCUT2D eigenvalue weighted by Crippen LogP contribution is -2.17. The van der Waals surface area contributed by atoms with Gasteiger partial charge >= 0.3 is 5.97 Å². The molecule has 0 unspecified atom stereocenters. The van der Waals surface area contributed by atoms with Gasteiger partial charge in [-0.25, -0.2) is 4.79 Å². The monoisotopic (exact) mass is 170 g/mol. The lowest BCUT2D eigenvalue weighted by Gasteiger charge is -2.16. The second kappa shape index (κ2) is 4.29. The van der Waals surface area contributed by atoms with Gasteiger partial charge in [0.1, 0.15) is 0 Å². The molecule has 0 spiro atoms. The Kier molecular flexibility index (Phi) is 4.01. The van der Waals surface area contributed by atoms with E-state index in [4.69, 9.17) is 4.74 Å².